The second-order valence-corrected chi connectivity index (χ2v) is 3.92. The molecule has 1 fully saturated rings. The van der Waals surface area contributed by atoms with Gasteiger partial charge in [-0.3, -0.25) is 0 Å². The Morgan fingerprint density at radius 1 is 1.21 bits per heavy atom. The summed E-state index contributed by atoms with van der Waals surface area (Å²) in [4.78, 5) is 0. The predicted molar refractivity (Wildman–Crippen MR) is 54.8 cm³/mol. The van der Waals surface area contributed by atoms with Crippen LogP contribution in [-0.4, -0.2) is 18.0 Å². The summed E-state index contributed by atoms with van der Waals surface area (Å²) >= 11 is 0. The molecule has 0 radical (unpaired) electrons. The summed E-state index contributed by atoms with van der Waals surface area (Å²) in [6.45, 7) is 0.691. The number of rotatable bonds is 2. The SMILES string of the molecule is OC1CCC(Cc2ccccc2)CO1. The van der Waals surface area contributed by atoms with Crippen molar-refractivity contribution in [3.8, 4) is 0 Å². The van der Waals surface area contributed by atoms with E-state index in [1.54, 1.807) is 0 Å². The largest absolute Gasteiger partial charge is 0.368 e. The van der Waals surface area contributed by atoms with E-state index in [-0.39, 0.29) is 0 Å². The van der Waals surface area contributed by atoms with E-state index in [1.165, 1.54) is 5.56 Å². The number of benzene rings is 1. The summed E-state index contributed by atoms with van der Waals surface area (Å²) in [6, 6.07) is 10.4. The standard InChI is InChI=1S/C12H16O2/c13-12-7-6-11(9-14-12)8-10-4-2-1-3-5-10/h1-5,11-13H,6-9H2. The Kier molecular flexibility index (Phi) is 3.17. The molecule has 1 N–H and O–H groups in total. The first kappa shape index (κ1) is 9.69. The second-order valence-electron chi connectivity index (χ2n) is 3.92. The lowest BCUT2D eigenvalue weighted by Crippen LogP contribution is -2.26. The Morgan fingerprint density at radius 2 is 2.00 bits per heavy atom. The molecule has 0 saturated carbocycles. The molecule has 1 aliphatic rings. The van der Waals surface area contributed by atoms with Gasteiger partial charge in [0.2, 0.25) is 0 Å². The van der Waals surface area contributed by atoms with Crippen LogP contribution in [0.4, 0.5) is 0 Å². The molecule has 2 unspecified atom stereocenters. The first-order valence-corrected chi connectivity index (χ1v) is 5.18. The number of hydrogen-bond acceptors (Lipinski definition) is 2. The number of ether oxygens (including phenoxy) is 1. The van der Waals surface area contributed by atoms with Gasteiger partial charge in [-0.2, -0.15) is 0 Å². The molecule has 2 nitrogen and oxygen atoms in total. The van der Waals surface area contributed by atoms with Crippen LogP contribution in [0.5, 0.6) is 0 Å². The van der Waals surface area contributed by atoms with Crippen LogP contribution in [-0.2, 0) is 11.2 Å². The van der Waals surface area contributed by atoms with Gasteiger partial charge in [0.25, 0.3) is 0 Å². The smallest absolute Gasteiger partial charge is 0.154 e. The van der Waals surface area contributed by atoms with Crippen LogP contribution in [0.1, 0.15) is 18.4 Å². The molecule has 1 saturated heterocycles. The summed E-state index contributed by atoms with van der Waals surface area (Å²) in [5.74, 6) is 0.570. The van der Waals surface area contributed by atoms with E-state index in [2.05, 4.69) is 24.3 Å². The summed E-state index contributed by atoms with van der Waals surface area (Å²) in [5, 5.41) is 9.17. The van der Waals surface area contributed by atoms with Gasteiger partial charge in [-0.25, -0.2) is 0 Å². The Labute approximate surface area is 84.5 Å². The molecule has 14 heavy (non-hydrogen) atoms. The van der Waals surface area contributed by atoms with E-state index >= 15 is 0 Å². The van der Waals surface area contributed by atoms with E-state index in [4.69, 9.17) is 4.74 Å². The van der Waals surface area contributed by atoms with Gasteiger partial charge in [0.15, 0.2) is 6.29 Å². The molecule has 1 aliphatic heterocycles. The van der Waals surface area contributed by atoms with Crippen molar-refractivity contribution < 1.29 is 9.84 Å². The van der Waals surface area contributed by atoms with Crippen molar-refractivity contribution in [1.29, 1.82) is 0 Å². The van der Waals surface area contributed by atoms with Crippen LogP contribution >= 0.6 is 0 Å². The summed E-state index contributed by atoms with van der Waals surface area (Å²) < 4.78 is 5.22. The van der Waals surface area contributed by atoms with Gasteiger partial charge in [-0.1, -0.05) is 30.3 Å². The minimum absolute atomic E-state index is 0.526. The molecular weight excluding hydrogens is 176 g/mol. The zero-order valence-corrected chi connectivity index (χ0v) is 8.23. The van der Waals surface area contributed by atoms with Gasteiger partial charge in [-0.15, -0.1) is 0 Å². The van der Waals surface area contributed by atoms with Gasteiger partial charge < -0.3 is 9.84 Å². The predicted octanol–water partition coefficient (Wildman–Crippen LogP) is 1.97. The fourth-order valence-electron chi connectivity index (χ4n) is 1.90. The average molecular weight is 192 g/mol. The molecule has 0 amide bonds. The third kappa shape index (κ3) is 2.56. The van der Waals surface area contributed by atoms with Crippen molar-refractivity contribution in [3.05, 3.63) is 35.9 Å². The molecular formula is C12H16O2. The first-order valence-electron chi connectivity index (χ1n) is 5.18. The van der Waals surface area contributed by atoms with Crippen LogP contribution in [0.3, 0.4) is 0 Å². The molecule has 0 spiro atoms. The molecule has 0 bridgehead atoms. The average Bonchev–Trinajstić information content (AvgIpc) is 2.23. The Hall–Kier alpha value is -0.860. The second kappa shape index (κ2) is 4.58. The van der Waals surface area contributed by atoms with Gasteiger partial charge >= 0.3 is 0 Å². The Bertz CT molecular complexity index is 263. The fraction of sp³-hybridized carbons (Fsp3) is 0.500. The summed E-state index contributed by atoms with van der Waals surface area (Å²) in [5.41, 5.74) is 1.36. The van der Waals surface area contributed by atoms with E-state index in [0.717, 1.165) is 19.3 Å². The highest BCUT2D eigenvalue weighted by Crippen LogP contribution is 2.21. The van der Waals surface area contributed by atoms with Crippen molar-refractivity contribution in [3.63, 3.8) is 0 Å². The lowest BCUT2D eigenvalue weighted by Gasteiger charge is -2.25. The lowest BCUT2D eigenvalue weighted by atomic mass is 9.94. The highest BCUT2D eigenvalue weighted by molar-refractivity contribution is 5.15. The monoisotopic (exact) mass is 192 g/mol. The van der Waals surface area contributed by atoms with Gasteiger partial charge in [0.05, 0.1) is 6.61 Å². The van der Waals surface area contributed by atoms with Crippen LogP contribution in [0.25, 0.3) is 0 Å². The van der Waals surface area contributed by atoms with Crippen LogP contribution < -0.4 is 0 Å². The van der Waals surface area contributed by atoms with E-state index < -0.39 is 6.29 Å². The maximum atomic E-state index is 9.17. The molecule has 1 aromatic carbocycles. The molecule has 1 aromatic rings. The van der Waals surface area contributed by atoms with Crippen LogP contribution in [0, 0.1) is 5.92 Å². The molecule has 1 heterocycles. The van der Waals surface area contributed by atoms with Crippen molar-refractivity contribution in [2.24, 2.45) is 5.92 Å². The molecule has 2 atom stereocenters. The lowest BCUT2D eigenvalue weighted by molar-refractivity contribution is -0.139. The number of aliphatic hydroxyl groups excluding tert-OH is 1. The van der Waals surface area contributed by atoms with Gasteiger partial charge in [0.1, 0.15) is 0 Å². The minimum Gasteiger partial charge on any atom is -0.368 e. The molecule has 2 rings (SSSR count). The fourth-order valence-corrected chi connectivity index (χ4v) is 1.90. The van der Waals surface area contributed by atoms with Gasteiger partial charge in [0, 0.05) is 0 Å². The Morgan fingerprint density at radius 3 is 2.64 bits per heavy atom. The third-order valence-electron chi connectivity index (χ3n) is 2.71. The normalized spacial score (nSPS) is 27.5. The topological polar surface area (TPSA) is 29.5 Å². The summed E-state index contributed by atoms with van der Waals surface area (Å²) in [6.07, 6.45) is 2.38. The number of aliphatic hydroxyl groups is 1. The van der Waals surface area contributed by atoms with Crippen LogP contribution in [0.15, 0.2) is 30.3 Å². The zero-order chi connectivity index (χ0) is 9.80. The van der Waals surface area contributed by atoms with Crippen LogP contribution in [0.2, 0.25) is 0 Å². The first-order chi connectivity index (χ1) is 6.84. The van der Waals surface area contributed by atoms with Crippen molar-refractivity contribution in [2.45, 2.75) is 25.6 Å². The Balaban J connectivity index is 1.87. The third-order valence-corrected chi connectivity index (χ3v) is 2.71. The van der Waals surface area contributed by atoms with Crippen molar-refractivity contribution in [1.82, 2.24) is 0 Å². The zero-order valence-electron chi connectivity index (χ0n) is 8.23. The van der Waals surface area contributed by atoms with E-state index in [9.17, 15) is 5.11 Å². The van der Waals surface area contributed by atoms with Crippen molar-refractivity contribution in [2.75, 3.05) is 6.61 Å². The maximum absolute atomic E-state index is 9.17. The quantitative estimate of drug-likeness (QED) is 0.776. The highest BCUT2D eigenvalue weighted by atomic mass is 16.6. The molecule has 0 aliphatic carbocycles. The van der Waals surface area contributed by atoms with Crippen molar-refractivity contribution >= 4 is 0 Å². The highest BCUT2D eigenvalue weighted by Gasteiger charge is 2.19. The molecule has 2 heteroatoms. The van der Waals surface area contributed by atoms with E-state index in [1.807, 2.05) is 6.07 Å². The minimum atomic E-state index is -0.526. The summed E-state index contributed by atoms with van der Waals surface area (Å²) in [7, 11) is 0. The van der Waals surface area contributed by atoms with E-state index in [0.29, 0.717) is 12.5 Å². The molecule has 0 aromatic heterocycles. The maximum Gasteiger partial charge on any atom is 0.154 e. The number of hydrogen-bond donors (Lipinski definition) is 1. The van der Waals surface area contributed by atoms with Gasteiger partial charge in [-0.05, 0) is 30.7 Å². The molecule has 76 valence electrons.